The Labute approximate surface area is 50.3 Å². The summed E-state index contributed by atoms with van der Waals surface area (Å²) in [6, 6.07) is 0. The number of ether oxygens (including phenoxy) is 1. The molecular formula is C4H2ClNO2. The highest BCUT2D eigenvalue weighted by Gasteiger charge is 2.48. The number of carbonyl (C=O) groups is 1. The third-order valence-corrected chi connectivity index (χ3v) is 1.55. The van der Waals surface area contributed by atoms with Crippen LogP contribution in [0.1, 0.15) is 0 Å². The van der Waals surface area contributed by atoms with E-state index in [0.29, 0.717) is 5.71 Å². The van der Waals surface area contributed by atoms with Gasteiger partial charge in [-0.15, -0.1) is 11.6 Å². The largest absolute Gasteiger partial charge is 0.433 e. The first kappa shape index (κ1) is 4.32. The molecule has 2 aliphatic heterocycles. The van der Waals surface area contributed by atoms with Gasteiger partial charge in [-0.05, 0) is 0 Å². The van der Waals surface area contributed by atoms with Crippen molar-refractivity contribution in [1.82, 2.24) is 0 Å². The van der Waals surface area contributed by atoms with Gasteiger partial charge in [0.1, 0.15) is 5.71 Å². The molecule has 2 unspecified atom stereocenters. The molecule has 8 heavy (non-hydrogen) atoms. The maximum atomic E-state index is 10.4. The van der Waals surface area contributed by atoms with Crippen LogP contribution in [0.2, 0.25) is 0 Å². The third kappa shape index (κ3) is 0.351. The molecule has 0 radical (unpaired) electrons. The molecule has 0 saturated carbocycles. The molecule has 42 valence electrons. The quantitative estimate of drug-likeness (QED) is 0.341. The van der Waals surface area contributed by atoms with Crippen LogP contribution in [0.3, 0.4) is 0 Å². The lowest BCUT2D eigenvalue weighted by Crippen LogP contribution is -2.11. The zero-order valence-corrected chi connectivity index (χ0v) is 4.55. The first-order valence-electron chi connectivity index (χ1n) is 2.21. The summed E-state index contributed by atoms with van der Waals surface area (Å²) in [4.78, 5) is 14.1. The van der Waals surface area contributed by atoms with Crippen molar-refractivity contribution >= 4 is 23.3 Å². The van der Waals surface area contributed by atoms with Crippen LogP contribution in [-0.4, -0.2) is 23.3 Å². The number of halogens is 1. The van der Waals surface area contributed by atoms with E-state index in [2.05, 4.69) is 9.73 Å². The van der Waals surface area contributed by atoms with Gasteiger partial charge < -0.3 is 4.74 Å². The lowest BCUT2D eigenvalue weighted by Gasteiger charge is -1.90. The highest BCUT2D eigenvalue weighted by molar-refractivity contribution is 6.46. The van der Waals surface area contributed by atoms with E-state index in [0.717, 1.165) is 0 Å². The minimum atomic E-state index is -0.583. The van der Waals surface area contributed by atoms with E-state index in [-0.39, 0.29) is 12.2 Å². The maximum Gasteiger partial charge on any atom is 0.332 e. The molecule has 0 aromatic carbocycles. The van der Waals surface area contributed by atoms with Crippen LogP contribution in [0, 0.1) is 0 Å². The lowest BCUT2D eigenvalue weighted by molar-refractivity contribution is -0.140. The molecule has 4 heteroatoms. The Morgan fingerprint density at radius 3 is 2.75 bits per heavy atom. The number of rotatable bonds is 0. The molecule has 0 aromatic heterocycles. The molecule has 0 aliphatic carbocycles. The number of nitrogens with zero attached hydrogens (tertiary/aromatic N) is 1. The van der Waals surface area contributed by atoms with Crippen LogP contribution in [0.15, 0.2) is 4.99 Å². The monoisotopic (exact) mass is 131 g/mol. The average Bonchev–Trinajstić information content (AvgIpc) is 2.39. The first-order chi connectivity index (χ1) is 3.79. The Balaban J connectivity index is 2.29. The Morgan fingerprint density at radius 2 is 2.50 bits per heavy atom. The zero-order chi connectivity index (χ0) is 5.72. The smallest absolute Gasteiger partial charge is 0.332 e. The number of fused-ring (bicyclic) bond motifs is 1. The Bertz CT molecular complexity index is 186. The molecule has 0 N–H and O–H groups in total. The summed E-state index contributed by atoms with van der Waals surface area (Å²) in [6.07, 6.45) is -0.273. The fourth-order valence-corrected chi connectivity index (χ4v) is 0.882. The number of hydrogen-bond donors (Lipinski definition) is 0. The average molecular weight is 132 g/mol. The van der Waals surface area contributed by atoms with Gasteiger partial charge in [0.15, 0.2) is 5.38 Å². The fraction of sp³-hybridized carbons (Fsp3) is 0.500. The van der Waals surface area contributed by atoms with Gasteiger partial charge in [-0.25, -0.2) is 9.79 Å². The second-order valence-corrected chi connectivity index (χ2v) is 2.14. The predicted molar refractivity (Wildman–Crippen MR) is 27.0 cm³/mol. The second-order valence-electron chi connectivity index (χ2n) is 1.71. The molecule has 1 fully saturated rings. The summed E-state index contributed by atoms with van der Waals surface area (Å²) in [5, 5.41) is -0.583. The number of hydrogen-bond acceptors (Lipinski definition) is 3. The zero-order valence-electron chi connectivity index (χ0n) is 3.80. The molecule has 0 aromatic rings. The van der Waals surface area contributed by atoms with Gasteiger partial charge in [-0.3, -0.25) is 0 Å². The molecule has 2 atom stereocenters. The van der Waals surface area contributed by atoms with Gasteiger partial charge in [0.05, 0.1) is 0 Å². The molecule has 2 aliphatic rings. The van der Waals surface area contributed by atoms with E-state index in [4.69, 9.17) is 11.6 Å². The lowest BCUT2D eigenvalue weighted by atomic mass is 10.4. The summed E-state index contributed by atoms with van der Waals surface area (Å²) >= 11 is 5.45. The van der Waals surface area contributed by atoms with E-state index in [1.54, 1.807) is 0 Å². The van der Waals surface area contributed by atoms with E-state index >= 15 is 0 Å². The number of esters is 1. The van der Waals surface area contributed by atoms with E-state index in [9.17, 15) is 4.79 Å². The van der Waals surface area contributed by atoms with E-state index < -0.39 is 5.38 Å². The van der Waals surface area contributed by atoms with Gasteiger partial charge in [-0.2, -0.15) is 0 Å². The van der Waals surface area contributed by atoms with Crippen molar-refractivity contribution < 1.29 is 9.53 Å². The van der Waals surface area contributed by atoms with Gasteiger partial charge in [0, 0.05) is 0 Å². The Morgan fingerprint density at radius 1 is 1.75 bits per heavy atom. The minimum Gasteiger partial charge on any atom is -0.433 e. The topological polar surface area (TPSA) is 38.7 Å². The van der Waals surface area contributed by atoms with Crippen molar-refractivity contribution in [2.45, 2.75) is 11.6 Å². The van der Waals surface area contributed by atoms with Gasteiger partial charge in [0.25, 0.3) is 0 Å². The van der Waals surface area contributed by atoms with Crippen molar-refractivity contribution in [2.75, 3.05) is 0 Å². The summed E-state index contributed by atoms with van der Waals surface area (Å²) in [5.41, 5.74) is 0.691. The SMILES string of the molecule is O=C1OC2N=C2C1Cl. The van der Waals surface area contributed by atoms with Crippen LogP contribution in [0.25, 0.3) is 0 Å². The van der Waals surface area contributed by atoms with Gasteiger partial charge in [0.2, 0.25) is 6.23 Å². The molecule has 2 heterocycles. The molecule has 3 nitrogen and oxygen atoms in total. The summed E-state index contributed by atoms with van der Waals surface area (Å²) in [5.74, 6) is -0.360. The first-order valence-corrected chi connectivity index (χ1v) is 2.65. The van der Waals surface area contributed by atoms with Crippen LogP contribution in [-0.2, 0) is 9.53 Å². The van der Waals surface area contributed by atoms with E-state index in [1.165, 1.54) is 0 Å². The van der Waals surface area contributed by atoms with Crippen LogP contribution >= 0.6 is 11.6 Å². The molecular weight excluding hydrogens is 130 g/mol. The molecule has 0 amide bonds. The second kappa shape index (κ2) is 1.05. The fourth-order valence-electron chi connectivity index (χ4n) is 0.666. The van der Waals surface area contributed by atoms with Crippen molar-refractivity contribution in [2.24, 2.45) is 4.99 Å². The van der Waals surface area contributed by atoms with Crippen molar-refractivity contribution in [3.8, 4) is 0 Å². The van der Waals surface area contributed by atoms with Crippen molar-refractivity contribution in [3.63, 3.8) is 0 Å². The highest BCUT2D eigenvalue weighted by Crippen LogP contribution is 2.28. The highest BCUT2D eigenvalue weighted by atomic mass is 35.5. The number of alkyl halides is 1. The predicted octanol–water partition coefficient (Wildman–Crippen LogP) is -0.0687. The van der Waals surface area contributed by atoms with Gasteiger partial charge >= 0.3 is 5.97 Å². The van der Waals surface area contributed by atoms with E-state index in [1.807, 2.05) is 0 Å². The molecule has 1 saturated heterocycles. The van der Waals surface area contributed by atoms with Crippen molar-refractivity contribution in [1.29, 1.82) is 0 Å². The summed E-state index contributed by atoms with van der Waals surface area (Å²) in [6.45, 7) is 0. The summed E-state index contributed by atoms with van der Waals surface area (Å²) < 4.78 is 4.57. The summed E-state index contributed by atoms with van der Waals surface area (Å²) in [7, 11) is 0. The van der Waals surface area contributed by atoms with Crippen LogP contribution < -0.4 is 0 Å². The van der Waals surface area contributed by atoms with Crippen molar-refractivity contribution in [3.05, 3.63) is 0 Å². The normalized spacial score (nSPS) is 40.6. The minimum absolute atomic E-state index is 0.273. The number of carbonyl (C=O) groups excluding carboxylic acids is 1. The number of aliphatic imine (C=N–C) groups is 1. The molecule has 0 bridgehead atoms. The molecule has 0 spiro atoms. The van der Waals surface area contributed by atoms with Crippen LogP contribution in [0.5, 0.6) is 0 Å². The maximum absolute atomic E-state index is 10.4. The standard InChI is InChI=1S/C4H2ClNO2/c5-1-2-3(6-2)8-4(1)7/h1,3H. The Hall–Kier alpha value is -0.570. The Kier molecular flexibility index (Phi) is 0.568. The van der Waals surface area contributed by atoms with Crippen LogP contribution in [0.4, 0.5) is 0 Å². The van der Waals surface area contributed by atoms with Gasteiger partial charge in [-0.1, -0.05) is 0 Å². The third-order valence-electron chi connectivity index (χ3n) is 1.15. The molecule has 2 rings (SSSR count).